The molecule has 0 aliphatic carbocycles. The van der Waals surface area contributed by atoms with Crippen LogP contribution in [-0.2, 0) is 4.79 Å². The Morgan fingerprint density at radius 1 is 1.70 bits per heavy atom. The minimum absolute atomic E-state index is 0.340. The largest absolute Gasteiger partial charge is 0.377 e. The van der Waals surface area contributed by atoms with Crippen LogP contribution in [0.15, 0.2) is 0 Å². The maximum atomic E-state index is 9.98. The lowest BCUT2D eigenvalue weighted by molar-refractivity contribution is -0.109. The van der Waals surface area contributed by atoms with Gasteiger partial charge in [-0.1, -0.05) is 0 Å². The van der Waals surface area contributed by atoms with Crippen molar-refractivity contribution in [3.8, 4) is 0 Å². The van der Waals surface area contributed by atoms with Crippen LogP contribution < -0.4 is 11.1 Å². The predicted octanol–water partition coefficient (Wildman–Crippen LogP) is -0.511. The molecule has 0 aliphatic rings. The smallest absolute Gasteiger partial charge is 0.136 e. The summed E-state index contributed by atoms with van der Waals surface area (Å²) in [6.07, 6.45) is 3.39. The molecule has 0 unspecified atom stereocenters. The summed E-state index contributed by atoms with van der Waals surface area (Å²) in [6.45, 7) is 0.713. The van der Waals surface area contributed by atoms with E-state index in [-0.39, 0.29) is 6.04 Å². The molecule has 0 saturated heterocycles. The van der Waals surface area contributed by atoms with Gasteiger partial charge in [0.2, 0.25) is 0 Å². The number of aldehydes is 1. The highest BCUT2D eigenvalue weighted by molar-refractivity contribution is 5.56. The second kappa shape index (κ2) is 6.22. The second-order valence-corrected chi connectivity index (χ2v) is 2.04. The fourth-order valence-electron chi connectivity index (χ4n) is 0.580. The van der Waals surface area contributed by atoms with Crippen molar-refractivity contribution in [1.82, 2.24) is 5.32 Å². The number of hydrogen-bond acceptors (Lipinski definition) is 3. The summed E-state index contributed by atoms with van der Waals surface area (Å²) in [5, 5.41) is 9.29. The van der Waals surface area contributed by atoms with Crippen LogP contribution in [0.3, 0.4) is 0 Å². The molecule has 0 spiro atoms. The third-order valence-electron chi connectivity index (χ3n) is 1.14. The van der Waals surface area contributed by atoms with E-state index in [1.165, 1.54) is 0 Å². The third kappa shape index (κ3) is 5.24. The Balaban J connectivity index is 3.02. The van der Waals surface area contributed by atoms with Gasteiger partial charge in [-0.3, -0.25) is 5.41 Å². The molecule has 1 atom stereocenters. The van der Waals surface area contributed by atoms with Crippen LogP contribution in [0.5, 0.6) is 0 Å². The quantitative estimate of drug-likeness (QED) is 0.203. The molecule has 0 heterocycles. The van der Waals surface area contributed by atoms with E-state index in [2.05, 4.69) is 5.32 Å². The van der Waals surface area contributed by atoms with Gasteiger partial charge in [0.1, 0.15) is 6.29 Å². The van der Waals surface area contributed by atoms with E-state index in [9.17, 15) is 4.79 Å². The number of nitrogens with one attached hydrogen (secondary N) is 2. The number of carbonyl (C=O) groups excluding carboxylic acids is 1. The van der Waals surface area contributed by atoms with Crippen LogP contribution in [0.2, 0.25) is 0 Å². The summed E-state index contributed by atoms with van der Waals surface area (Å²) < 4.78 is 0. The average Bonchev–Trinajstić information content (AvgIpc) is 1.98. The molecule has 0 amide bonds. The molecule has 0 rings (SSSR count). The molecular formula is C6H13N3O. The monoisotopic (exact) mass is 143 g/mol. The summed E-state index contributed by atoms with van der Waals surface area (Å²) >= 11 is 0. The van der Waals surface area contributed by atoms with Crippen molar-refractivity contribution in [2.24, 2.45) is 5.73 Å². The van der Waals surface area contributed by atoms with E-state index in [1.807, 2.05) is 0 Å². The van der Waals surface area contributed by atoms with Gasteiger partial charge in [-0.2, -0.15) is 0 Å². The van der Waals surface area contributed by atoms with E-state index in [4.69, 9.17) is 11.1 Å². The Labute approximate surface area is 60.3 Å². The van der Waals surface area contributed by atoms with Gasteiger partial charge in [-0.05, 0) is 12.8 Å². The molecule has 0 aromatic rings. The molecule has 0 bridgehead atoms. The molecule has 0 saturated carbocycles. The van der Waals surface area contributed by atoms with E-state index in [0.29, 0.717) is 13.0 Å². The van der Waals surface area contributed by atoms with Crippen LogP contribution >= 0.6 is 0 Å². The molecule has 0 aliphatic heterocycles. The standard InChI is InChI=1S/C6H13N3O/c7-5-9-3-1-2-6(8)4-10/h4-6H,1-3,8H2,(H2,7,9)/t6-/m1/s1. The summed E-state index contributed by atoms with van der Waals surface area (Å²) in [6, 6.07) is -0.340. The number of carbonyl (C=O) groups is 1. The minimum Gasteiger partial charge on any atom is -0.377 e. The first-order chi connectivity index (χ1) is 4.81. The van der Waals surface area contributed by atoms with Crippen LogP contribution in [0.1, 0.15) is 12.8 Å². The summed E-state index contributed by atoms with van der Waals surface area (Å²) in [4.78, 5) is 9.98. The highest BCUT2D eigenvalue weighted by atomic mass is 16.1. The Bertz CT molecular complexity index is 105. The SMILES string of the molecule is N=CNCCC[C@@H](N)C=O. The zero-order valence-corrected chi connectivity index (χ0v) is 5.84. The van der Waals surface area contributed by atoms with Gasteiger partial charge in [0.25, 0.3) is 0 Å². The number of hydrogen-bond donors (Lipinski definition) is 3. The molecule has 58 valence electrons. The van der Waals surface area contributed by atoms with E-state index >= 15 is 0 Å². The predicted molar refractivity (Wildman–Crippen MR) is 40.1 cm³/mol. The lowest BCUT2D eigenvalue weighted by Gasteiger charge is -2.01. The highest BCUT2D eigenvalue weighted by Crippen LogP contribution is 1.88. The first-order valence-corrected chi connectivity index (χ1v) is 3.24. The Morgan fingerprint density at radius 2 is 2.40 bits per heavy atom. The summed E-state index contributed by atoms with van der Waals surface area (Å²) in [7, 11) is 0. The molecule has 0 aromatic heterocycles. The molecule has 10 heavy (non-hydrogen) atoms. The van der Waals surface area contributed by atoms with Crippen molar-refractivity contribution in [3.05, 3.63) is 0 Å². The molecule has 4 N–H and O–H groups in total. The first kappa shape index (κ1) is 9.10. The van der Waals surface area contributed by atoms with E-state index < -0.39 is 0 Å². The second-order valence-electron chi connectivity index (χ2n) is 2.04. The normalized spacial score (nSPS) is 12.1. The first-order valence-electron chi connectivity index (χ1n) is 3.24. The Kier molecular flexibility index (Phi) is 5.66. The molecule has 0 fully saturated rings. The van der Waals surface area contributed by atoms with Gasteiger partial charge in [0.15, 0.2) is 0 Å². The maximum absolute atomic E-state index is 9.98. The van der Waals surface area contributed by atoms with Crippen LogP contribution in [0, 0.1) is 5.41 Å². The molecule has 4 nitrogen and oxygen atoms in total. The van der Waals surface area contributed by atoms with Gasteiger partial charge in [-0.25, -0.2) is 0 Å². The van der Waals surface area contributed by atoms with Crippen molar-refractivity contribution in [2.45, 2.75) is 18.9 Å². The van der Waals surface area contributed by atoms with Crippen molar-refractivity contribution in [3.63, 3.8) is 0 Å². The lowest BCUT2D eigenvalue weighted by atomic mass is 10.2. The average molecular weight is 143 g/mol. The molecule has 4 heteroatoms. The summed E-state index contributed by atoms with van der Waals surface area (Å²) in [5.74, 6) is 0. The van der Waals surface area contributed by atoms with Crippen LogP contribution in [-0.4, -0.2) is 25.2 Å². The Morgan fingerprint density at radius 3 is 2.90 bits per heavy atom. The van der Waals surface area contributed by atoms with Crippen molar-refractivity contribution in [2.75, 3.05) is 6.54 Å². The fourth-order valence-corrected chi connectivity index (χ4v) is 0.580. The van der Waals surface area contributed by atoms with Crippen molar-refractivity contribution < 1.29 is 4.79 Å². The number of nitrogens with two attached hydrogens (primary N) is 1. The van der Waals surface area contributed by atoms with Gasteiger partial charge >= 0.3 is 0 Å². The molecule has 0 radical (unpaired) electrons. The molecular weight excluding hydrogens is 130 g/mol. The highest BCUT2D eigenvalue weighted by Gasteiger charge is 1.96. The Hall–Kier alpha value is -0.900. The maximum Gasteiger partial charge on any atom is 0.136 e. The third-order valence-corrected chi connectivity index (χ3v) is 1.14. The van der Waals surface area contributed by atoms with Crippen molar-refractivity contribution >= 4 is 12.6 Å². The topological polar surface area (TPSA) is 79.0 Å². The lowest BCUT2D eigenvalue weighted by Crippen LogP contribution is -2.23. The van der Waals surface area contributed by atoms with Crippen molar-refractivity contribution in [1.29, 1.82) is 5.41 Å². The summed E-state index contributed by atoms with van der Waals surface area (Å²) in [5.41, 5.74) is 5.30. The number of rotatable bonds is 6. The van der Waals surface area contributed by atoms with E-state index in [0.717, 1.165) is 19.0 Å². The van der Waals surface area contributed by atoms with E-state index in [1.54, 1.807) is 0 Å². The zero-order valence-electron chi connectivity index (χ0n) is 5.84. The fraction of sp³-hybridized carbons (Fsp3) is 0.667. The van der Waals surface area contributed by atoms with Crippen LogP contribution in [0.25, 0.3) is 0 Å². The van der Waals surface area contributed by atoms with Crippen LogP contribution in [0.4, 0.5) is 0 Å². The zero-order chi connectivity index (χ0) is 7.82. The van der Waals surface area contributed by atoms with Gasteiger partial charge in [0.05, 0.1) is 12.4 Å². The van der Waals surface area contributed by atoms with Gasteiger partial charge < -0.3 is 15.8 Å². The van der Waals surface area contributed by atoms with Gasteiger partial charge in [-0.15, -0.1) is 0 Å². The minimum atomic E-state index is -0.340. The molecule has 0 aromatic carbocycles. The van der Waals surface area contributed by atoms with Gasteiger partial charge in [0, 0.05) is 6.54 Å².